The van der Waals surface area contributed by atoms with Gasteiger partial charge in [-0.1, -0.05) is 175 Å². The average Bonchev–Trinajstić information content (AvgIpc) is 3.39. The molecule has 15 rings (SSSR count). The van der Waals surface area contributed by atoms with Crippen molar-refractivity contribution in [1.82, 2.24) is 4.90 Å². The Morgan fingerprint density at radius 3 is 1.41 bits per heavy atom. The predicted octanol–water partition coefficient (Wildman–Crippen LogP) is 14.0. The molecule has 6 heterocycles. The van der Waals surface area contributed by atoms with Gasteiger partial charge in [-0.15, -0.1) is 0 Å². The first kappa shape index (κ1) is 46.6. The summed E-state index contributed by atoms with van der Waals surface area (Å²) >= 11 is 0. The van der Waals surface area contributed by atoms with Crippen LogP contribution in [0.2, 0.25) is 0 Å². The maximum atomic E-state index is 6.32. The number of nitrogens with zero attached hydrogens (tertiary/aromatic N) is 9. The summed E-state index contributed by atoms with van der Waals surface area (Å²) < 4.78 is 6.32. The Morgan fingerprint density at radius 1 is 0.367 bits per heavy atom. The summed E-state index contributed by atoms with van der Waals surface area (Å²) in [7, 11) is 0. The first-order valence-electron chi connectivity index (χ1n) is 27.0. The van der Waals surface area contributed by atoms with Gasteiger partial charge >= 0.3 is 0 Å². The van der Waals surface area contributed by atoms with Gasteiger partial charge in [0.15, 0.2) is 17.5 Å². The third kappa shape index (κ3) is 7.47. The lowest BCUT2D eigenvalue weighted by molar-refractivity contribution is 0.582. The van der Waals surface area contributed by atoms with Crippen molar-refractivity contribution in [3.63, 3.8) is 0 Å². The van der Waals surface area contributed by atoms with Crippen molar-refractivity contribution in [2.75, 3.05) is 9.80 Å². The molecule has 9 aromatic carbocycles. The maximum Gasteiger partial charge on any atom is 0.252 e. The van der Waals surface area contributed by atoms with Crippen LogP contribution in [0.3, 0.4) is 0 Å². The molecule has 0 aliphatic carbocycles. The van der Waals surface area contributed by atoms with E-state index in [0.717, 1.165) is 62.1 Å². The molecule has 0 fully saturated rings. The highest BCUT2D eigenvalue weighted by molar-refractivity contribution is 7.02. The molecule has 11 heteroatoms. The minimum absolute atomic E-state index is 0.0112. The first-order chi connectivity index (χ1) is 38.4. The van der Waals surface area contributed by atoms with Crippen molar-refractivity contribution in [1.29, 1.82) is 0 Å². The smallest absolute Gasteiger partial charge is 0.252 e. The zero-order valence-electron chi connectivity index (χ0n) is 44.6. The molecule has 0 amide bonds. The van der Waals surface area contributed by atoms with Crippen LogP contribution in [-0.4, -0.2) is 47.0 Å². The fourth-order valence-corrected chi connectivity index (χ4v) is 12.0. The molecule has 0 bridgehead atoms. The number of hydrogen-bond donors (Lipinski definition) is 0. The predicted molar refractivity (Wildman–Crippen MR) is 327 cm³/mol. The second-order valence-electron chi connectivity index (χ2n) is 22.8. The molecule has 5 aliphatic rings. The van der Waals surface area contributed by atoms with Gasteiger partial charge in [-0.05, 0) is 121 Å². The second kappa shape index (κ2) is 17.4. The van der Waals surface area contributed by atoms with Gasteiger partial charge in [-0.25, -0.2) is 4.90 Å². The van der Waals surface area contributed by atoms with E-state index in [2.05, 4.69) is 185 Å². The molecule has 0 saturated carbocycles. The molecule has 10 nitrogen and oxygen atoms in total. The maximum absolute atomic E-state index is 6.32. The Labute approximate surface area is 459 Å². The Hall–Kier alpha value is -9.74. The summed E-state index contributed by atoms with van der Waals surface area (Å²) in [4.78, 5) is 36.9. The van der Waals surface area contributed by atoms with Crippen molar-refractivity contribution >= 4 is 114 Å². The molecule has 10 aromatic rings. The van der Waals surface area contributed by atoms with E-state index < -0.39 is 0 Å². The Balaban J connectivity index is 0.972. The zero-order chi connectivity index (χ0) is 53.3. The van der Waals surface area contributed by atoms with E-state index in [0.29, 0.717) is 35.4 Å². The van der Waals surface area contributed by atoms with Crippen LogP contribution in [0.4, 0.5) is 34.1 Å². The highest BCUT2D eigenvalue weighted by atomic mass is 16.3. The number of benzene rings is 9. The van der Waals surface area contributed by atoms with E-state index in [1.54, 1.807) is 11.2 Å². The van der Waals surface area contributed by atoms with Gasteiger partial charge in [0.25, 0.3) is 6.71 Å². The highest BCUT2D eigenvalue weighted by Gasteiger charge is 2.46. The number of hydrogen-bond acceptors (Lipinski definition) is 10. The van der Waals surface area contributed by atoms with E-state index >= 15 is 0 Å². The summed E-state index contributed by atoms with van der Waals surface area (Å²) in [6, 6.07) is 71.5. The summed E-state index contributed by atoms with van der Waals surface area (Å²) in [5, 5.41) is 4.81. The lowest BCUT2D eigenvalue weighted by Crippen LogP contribution is -2.61. The lowest BCUT2D eigenvalue weighted by atomic mass is 9.32. The third-order valence-corrected chi connectivity index (χ3v) is 15.9. The topological polar surface area (TPSA) is 97.0 Å². The molecule has 0 N–H and O–H groups in total. The Kier molecular flexibility index (Phi) is 10.2. The number of guanidine groups is 3. The van der Waals surface area contributed by atoms with Gasteiger partial charge in [0.2, 0.25) is 17.9 Å². The molecule has 0 atom stereocenters. The number of furan rings is 1. The number of amidine groups is 3. The van der Waals surface area contributed by atoms with Crippen LogP contribution in [0.5, 0.6) is 0 Å². The van der Waals surface area contributed by atoms with Crippen molar-refractivity contribution < 1.29 is 4.42 Å². The van der Waals surface area contributed by atoms with Gasteiger partial charge in [0.05, 0.1) is 6.26 Å². The van der Waals surface area contributed by atoms with Crippen molar-refractivity contribution in [2.24, 2.45) is 30.0 Å². The van der Waals surface area contributed by atoms with E-state index in [1.807, 2.05) is 66.7 Å². The second-order valence-corrected chi connectivity index (χ2v) is 22.8. The van der Waals surface area contributed by atoms with Crippen LogP contribution < -0.4 is 26.2 Å². The Bertz CT molecular complexity index is 4330. The summed E-state index contributed by atoms with van der Waals surface area (Å²) in [6.45, 7) is 13.6. The average molecular weight is 1020 g/mol. The third-order valence-electron chi connectivity index (χ3n) is 15.9. The Morgan fingerprint density at radius 2 is 0.848 bits per heavy atom. The molecule has 5 aliphatic heterocycles. The standard InChI is InChI=1S/C68H52BN9O/c1-67(2,3)45-29-34-47(35-30-45)76-54-36-31-46(68(4,5)6)40-53(54)69-58-51-24-15-13-22-49(51)50-23-14-16-25-52(50)60(58)77(56-39-44(38-55(76)59(56)69)57-26-17-37-79-57)48-32-27-43(28-33-48)63-74-65-72-61(41-18-9-7-10-19-41)70-64-71-62(42-20-11-8-12-21-42)73-66(75-63)78(64)65/h7-40H,1-6H3. The van der Waals surface area contributed by atoms with Crippen LogP contribution in [0.1, 0.15) is 69.4 Å². The molecule has 1 aromatic heterocycles. The number of aliphatic imine (C=N–C) groups is 6. The first-order valence-corrected chi connectivity index (χ1v) is 27.0. The zero-order valence-corrected chi connectivity index (χ0v) is 44.6. The molecular formula is C68H52BN9O. The normalized spacial score (nSPS) is 15.3. The van der Waals surface area contributed by atoms with Crippen molar-refractivity contribution in [2.45, 2.75) is 52.4 Å². The fourth-order valence-electron chi connectivity index (χ4n) is 12.0. The van der Waals surface area contributed by atoms with E-state index in [-0.39, 0.29) is 17.5 Å². The fraction of sp³-hybridized carbons (Fsp3) is 0.118. The lowest BCUT2D eigenvalue weighted by Gasteiger charge is -2.45. The van der Waals surface area contributed by atoms with E-state index in [9.17, 15) is 0 Å². The van der Waals surface area contributed by atoms with Crippen LogP contribution in [-0.2, 0) is 10.8 Å². The summed E-state index contributed by atoms with van der Waals surface area (Å²) in [6.07, 6.45) is 1.76. The van der Waals surface area contributed by atoms with E-state index in [1.165, 1.54) is 49.1 Å². The van der Waals surface area contributed by atoms with Gasteiger partial charge in [0.1, 0.15) is 5.76 Å². The van der Waals surface area contributed by atoms with Gasteiger partial charge < -0.3 is 14.2 Å². The molecule has 0 radical (unpaired) electrons. The molecular weight excluding hydrogens is 970 g/mol. The highest BCUT2D eigenvalue weighted by Crippen LogP contribution is 2.50. The molecule has 79 heavy (non-hydrogen) atoms. The number of fused-ring (bicyclic) bond motifs is 9. The number of rotatable bonds is 6. The van der Waals surface area contributed by atoms with Crippen molar-refractivity contribution in [3.05, 3.63) is 234 Å². The van der Waals surface area contributed by atoms with Gasteiger partial charge in [-0.3, -0.25) is 0 Å². The van der Waals surface area contributed by atoms with Gasteiger partial charge in [-0.2, -0.15) is 30.0 Å². The molecule has 0 saturated heterocycles. The molecule has 378 valence electrons. The SMILES string of the molecule is CC(C)(C)c1ccc(N2c3ccc(C(C)(C)C)cc3B3c4c2cc(-c2ccco2)cc4N(c2ccc(C4=NC5=NC(c6ccccc6)=NC6=NC(c7ccccc7)=NC(=N4)N65)cc2)c2c3c3ccccc3c3ccccc23)cc1. The quantitative estimate of drug-likeness (QED) is 0.122. The molecule has 0 unspecified atom stereocenters. The monoisotopic (exact) mass is 1020 g/mol. The summed E-state index contributed by atoms with van der Waals surface area (Å²) in [5.41, 5.74) is 16.3. The van der Waals surface area contributed by atoms with E-state index in [4.69, 9.17) is 34.4 Å². The van der Waals surface area contributed by atoms with Gasteiger partial charge in [0, 0.05) is 61.8 Å². The summed E-state index contributed by atoms with van der Waals surface area (Å²) in [5.74, 6) is 3.51. The van der Waals surface area contributed by atoms with Crippen LogP contribution in [0.15, 0.2) is 241 Å². The van der Waals surface area contributed by atoms with Crippen LogP contribution in [0, 0.1) is 0 Å². The largest absolute Gasteiger partial charge is 0.464 e. The van der Waals surface area contributed by atoms with Crippen molar-refractivity contribution in [3.8, 4) is 11.3 Å². The molecule has 0 spiro atoms. The number of anilines is 6. The van der Waals surface area contributed by atoms with Crippen LogP contribution >= 0.6 is 0 Å². The minimum Gasteiger partial charge on any atom is -0.464 e. The van der Waals surface area contributed by atoms with Crippen LogP contribution in [0.25, 0.3) is 32.9 Å². The minimum atomic E-state index is -0.140.